The molecule has 0 saturated carbocycles. The molecule has 0 aliphatic heterocycles. The van der Waals surface area contributed by atoms with Crippen molar-refractivity contribution in [2.24, 2.45) is 5.92 Å². The molecule has 2 nitrogen and oxygen atoms in total. The first-order valence-corrected chi connectivity index (χ1v) is 5.24. The van der Waals surface area contributed by atoms with Gasteiger partial charge in [0.1, 0.15) is 0 Å². The predicted molar refractivity (Wildman–Crippen MR) is 64.5 cm³/mol. The lowest BCUT2D eigenvalue weighted by Crippen LogP contribution is -2.22. The van der Waals surface area contributed by atoms with E-state index in [0.29, 0.717) is 11.1 Å². The van der Waals surface area contributed by atoms with Crippen LogP contribution in [0.25, 0.3) is 0 Å². The first-order valence-electron chi connectivity index (χ1n) is 5.24. The molecule has 2 heteroatoms. The minimum atomic E-state index is -0.640. The summed E-state index contributed by atoms with van der Waals surface area (Å²) in [5.41, 5.74) is 1.94. The number of benzene rings is 1. The number of carbonyl (C=O) groups excluding carboxylic acids is 2. The second kappa shape index (κ2) is 4.88. The highest BCUT2D eigenvalue weighted by atomic mass is 16.1. The van der Waals surface area contributed by atoms with Gasteiger partial charge in [-0.05, 0) is 31.9 Å². The van der Waals surface area contributed by atoms with Gasteiger partial charge in [0.25, 0.3) is 0 Å². The maximum atomic E-state index is 12.0. The molecular weight excluding hydrogens is 200 g/mol. The number of allylic oxidation sites excluding steroid dienone is 1. The number of carbonyl (C=O) groups is 2. The number of hydrogen-bond acceptors (Lipinski definition) is 2. The summed E-state index contributed by atoms with van der Waals surface area (Å²) in [5, 5.41) is 0. The second-order valence-corrected chi connectivity index (χ2v) is 4.05. The van der Waals surface area contributed by atoms with Crippen LogP contribution in [0.3, 0.4) is 0 Å². The monoisotopic (exact) mass is 216 g/mol. The van der Waals surface area contributed by atoms with Gasteiger partial charge in [-0.3, -0.25) is 9.59 Å². The normalized spacial score (nSPS) is 11.9. The fourth-order valence-electron chi connectivity index (χ4n) is 1.57. The standard InChI is InChI=1S/C14H16O2/c1-9(2)13(15)11(4)14(16)12-8-6-5-7-10(12)3/h5-8,11H,1H2,2-4H3. The van der Waals surface area contributed by atoms with Gasteiger partial charge in [-0.25, -0.2) is 0 Å². The first-order chi connectivity index (χ1) is 7.45. The van der Waals surface area contributed by atoms with Crippen LogP contribution in [-0.2, 0) is 4.79 Å². The Labute approximate surface area is 96.0 Å². The molecule has 0 fully saturated rings. The summed E-state index contributed by atoms with van der Waals surface area (Å²) in [6, 6.07) is 7.29. The van der Waals surface area contributed by atoms with Crippen LogP contribution < -0.4 is 0 Å². The molecule has 0 bridgehead atoms. The van der Waals surface area contributed by atoms with Gasteiger partial charge in [0.2, 0.25) is 0 Å². The van der Waals surface area contributed by atoms with Gasteiger partial charge in [0.15, 0.2) is 11.6 Å². The lowest BCUT2D eigenvalue weighted by atomic mass is 9.90. The zero-order valence-electron chi connectivity index (χ0n) is 9.91. The Morgan fingerprint density at radius 2 is 1.81 bits per heavy atom. The molecule has 0 heterocycles. The van der Waals surface area contributed by atoms with E-state index in [4.69, 9.17) is 0 Å². The SMILES string of the molecule is C=C(C)C(=O)C(C)C(=O)c1ccccc1C. The van der Waals surface area contributed by atoms with Crippen molar-refractivity contribution in [1.29, 1.82) is 0 Å². The van der Waals surface area contributed by atoms with E-state index < -0.39 is 5.92 Å². The molecule has 0 aliphatic rings. The van der Waals surface area contributed by atoms with Crippen molar-refractivity contribution >= 4 is 11.6 Å². The summed E-state index contributed by atoms with van der Waals surface area (Å²) in [5.74, 6) is -0.960. The smallest absolute Gasteiger partial charge is 0.173 e. The Morgan fingerprint density at radius 1 is 1.25 bits per heavy atom. The molecule has 16 heavy (non-hydrogen) atoms. The molecule has 1 aromatic rings. The van der Waals surface area contributed by atoms with Crippen molar-refractivity contribution in [2.45, 2.75) is 20.8 Å². The summed E-state index contributed by atoms with van der Waals surface area (Å²) < 4.78 is 0. The molecule has 84 valence electrons. The second-order valence-electron chi connectivity index (χ2n) is 4.05. The number of hydrogen-bond donors (Lipinski definition) is 0. The zero-order chi connectivity index (χ0) is 12.3. The van der Waals surface area contributed by atoms with Gasteiger partial charge in [0, 0.05) is 5.56 Å². The summed E-state index contributed by atoms with van der Waals surface area (Å²) in [6.07, 6.45) is 0. The summed E-state index contributed by atoms with van der Waals surface area (Å²) in [4.78, 5) is 23.7. The molecular formula is C14H16O2. The maximum Gasteiger partial charge on any atom is 0.173 e. The van der Waals surface area contributed by atoms with Crippen molar-refractivity contribution in [1.82, 2.24) is 0 Å². The van der Waals surface area contributed by atoms with E-state index in [9.17, 15) is 9.59 Å². The van der Waals surface area contributed by atoms with Crippen LogP contribution in [-0.4, -0.2) is 11.6 Å². The van der Waals surface area contributed by atoms with Gasteiger partial charge < -0.3 is 0 Å². The lowest BCUT2D eigenvalue weighted by molar-refractivity contribution is -0.117. The third-order valence-corrected chi connectivity index (χ3v) is 2.62. The Kier molecular flexibility index (Phi) is 3.78. The molecule has 0 aromatic heterocycles. The van der Waals surface area contributed by atoms with Crippen molar-refractivity contribution in [3.8, 4) is 0 Å². The van der Waals surface area contributed by atoms with Crippen LogP contribution in [0.5, 0.6) is 0 Å². The topological polar surface area (TPSA) is 34.1 Å². The van der Waals surface area contributed by atoms with Gasteiger partial charge in [-0.1, -0.05) is 30.8 Å². The largest absolute Gasteiger partial charge is 0.294 e. The predicted octanol–water partition coefficient (Wildman–Crippen LogP) is 2.96. The van der Waals surface area contributed by atoms with Crippen molar-refractivity contribution < 1.29 is 9.59 Å². The van der Waals surface area contributed by atoms with Crippen LogP contribution in [0.1, 0.15) is 29.8 Å². The van der Waals surface area contributed by atoms with Crippen LogP contribution in [0.2, 0.25) is 0 Å². The summed E-state index contributed by atoms with van der Waals surface area (Å²) in [7, 11) is 0. The van der Waals surface area contributed by atoms with E-state index in [-0.39, 0.29) is 11.6 Å². The Morgan fingerprint density at radius 3 is 2.31 bits per heavy atom. The fourth-order valence-corrected chi connectivity index (χ4v) is 1.57. The van der Waals surface area contributed by atoms with E-state index in [2.05, 4.69) is 6.58 Å². The number of Topliss-reactive ketones (excluding diaryl/α,β-unsaturated/α-hetero) is 2. The number of rotatable bonds is 4. The Hall–Kier alpha value is -1.70. The molecule has 1 atom stereocenters. The van der Waals surface area contributed by atoms with Gasteiger partial charge in [-0.2, -0.15) is 0 Å². The van der Waals surface area contributed by atoms with Gasteiger partial charge in [0.05, 0.1) is 5.92 Å². The fraction of sp³-hybridized carbons (Fsp3) is 0.286. The van der Waals surface area contributed by atoms with E-state index in [1.165, 1.54) is 0 Å². The van der Waals surface area contributed by atoms with Gasteiger partial charge in [-0.15, -0.1) is 0 Å². The average molecular weight is 216 g/mol. The number of aryl methyl sites for hydroxylation is 1. The van der Waals surface area contributed by atoms with Crippen molar-refractivity contribution in [3.05, 3.63) is 47.5 Å². The van der Waals surface area contributed by atoms with Crippen molar-refractivity contribution in [3.63, 3.8) is 0 Å². The lowest BCUT2D eigenvalue weighted by Gasteiger charge is -2.10. The molecule has 0 amide bonds. The zero-order valence-corrected chi connectivity index (χ0v) is 9.91. The van der Waals surface area contributed by atoms with E-state index in [1.807, 2.05) is 19.1 Å². The summed E-state index contributed by atoms with van der Waals surface area (Å²) in [6.45, 7) is 8.70. The van der Waals surface area contributed by atoms with Crippen LogP contribution >= 0.6 is 0 Å². The minimum absolute atomic E-state index is 0.133. The Bertz CT molecular complexity index is 444. The van der Waals surface area contributed by atoms with E-state index in [1.54, 1.807) is 26.0 Å². The molecule has 1 rings (SSSR count). The highest BCUT2D eigenvalue weighted by molar-refractivity contribution is 6.15. The molecule has 0 aliphatic carbocycles. The molecule has 0 spiro atoms. The molecule has 1 unspecified atom stereocenters. The average Bonchev–Trinajstić information content (AvgIpc) is 2.26. The summed E-state index contributed by atoms with van der Waals surface area (Å²) >= 11 is 0. The maximum absolute atomic E-state index is 12.0. The molecule has 0 N–H and O–H groups in total. The van der Waals surface area contributed by atoms with Crippen LogP contribution in [0, 0.1) is 12.8 Å². The Balaban J connectivity index is 3.00. The molecule has 0 saturated heterocycles. The third kappa shape index (κ3) is 2.45. The van der Waals surface area contributed by atoms with Crippen LogP contribution in [0.4, 0.5) is 0 Å². The van der Waals surface area contributed by atoms with Gasteiger partial charge >= 0.3 is 0 Å². The van der Waals surface area contributed by atoms with E-state index in [0.717, 1.165) is 5.56 Å². The molecule has 1 aromatic carbocycles. The first kappa shape index (κ1) is 12.4. The minimum Gasteiger partial charge on any atom is -0.294 e. The van der Waals surface area contributed by atoms with Crippen LogP contribution in [0.15, 0.2) is 36.4 Å². The third-order valence-electron chi connectivity index (χ3n) is 2.62. The van der Waals surface area contributed by atoms with E-state index >= 15 is 0 Å². The number of ketones is 2. The highest BCUT2D eigenvalue weighted by Gasteiger charge is 2.23. The quantitative estimate of drug-likeness (QED) is 0.440. The highest BCUT2D eigenvalue weighted by Crippen LogP contribution is 2.15. The molecule has 0 radical (unpaired) electrons. The van der Waals surface area contributed by atoms with Crippen molar-refractivity contribution in [2.75, 3.05) is 0 Å².